The topological polar surface area (TPSA) is 66.5 Å². The van der Waals surface area contributed by atoms with Gasteiger partial charge in [0, 0.05) is 30.2 Å². The van der Waals surface area contributed by atoms with Crippen molar-refractivity contribution in [3.63, 3.8) is 0 Å². The molecule has 1 aliphatic rings. The number of rotatable bonds is 5. The summed E-state index contributed by atoms with van der Waals surface area (Å²) in [5.74, 6) is 0.106. The first-order valence-corrected chi connectivity index (χ1v) is 9.94. The van der Waals surface area contributed by atoms with Crippen LogP contribution in [0.1, 0.15) is 24.5 Å². The van der Waals surface area contributed by atoms with Crippen LogP contribution in [0.3, 0.4) is 0 Å². The molecule has 132 valence electrons. The van der Waals surface area contributed by atoms with E-state index >= 15 is 0 Å². The molecule has 0 spiro atoms. The smallest absolute Gasteiger partial charge is 0.240 e. The molecule has 0 unspecified atom stereocenters. The van der Waals surface area contributed by atoms with Gasteiger partial charge in [0.2, 0.25) is 15.9 Å². The summed E-state index contributed by atoms with van der Waals surface area (Å²) in [5.41, 5.74) is 2.86. The van der Waals surface area contributed by atoms with Gasteiger partial charge in [0.05, 0.1) is 4.90 Å². The van der Waals surface area contributed by atoms with Crippen molar-refractivity contribution in [2.75, 3.05) is 11.4 Å². The molecular weight excluding hydrogens is 360 g/mol. The third-order valence-corrected chi connectivity index (χ3v) is 5.90. The zero-order chi connectivity index (χ0) is 18.0. The van der Waals surface area contributed by atoms with Crippen LogP contribution in [0.5, 0.6) is 0 Å². The van der Waals surface area contributed by atoms with Gasteiger partial charge in [-0.3, -0.25) is 4.79 Å². The first-order valence-electron chi connectivity index (χ1n) is 8.08. The molecule has 1 heterocycles. The summed E-state index contributed by atoms with van der Waals surface area (Å²) in [4.78, 5) is 13.9. The molecule has 7 heteroatoms. The summed E-state index contributed by atoms with van der Waals surface area (Å²) in [5, 5.41) is 0.490. The van der Waals surface area contributed by atoms with E-state index in [0.717, 1.165) is 23.2 Å². The fraction of sp³-hybridized carbons (Fsp3) is 0.278. The van der Waals surface area contributed by atoms with Gasteiger partial charge in [-0.2, -0.15) is 0 Å². The standard InChI is InChI=1S/C18H19ClN2O3S/c1-2-18(22)21-10-9-14-11-13(3-8-17(14)21)12-20-25(23,24)16-6-4-15(19)5-7-16/h3-8,11,20H,2,9-10,12H2,1H3. The van der Waals surface area contributed by atoms with E-state index in [1.54, 1.807) is 17.0 Å². The molecule has 0 atom stereocenters. The second-order valence-corrected chi connectivity index (χ2v) is 8.09. The van der Waals surface area contributed by atoms with Crippen LogP contribution in [-0.2, 0) is 27.8 Å². The summed E-state index contributed by atoms with van der Waals surface area (Å²) < 4.78 is 27.2. The fourth-order valence-corrected chi connectivity index (χ4v) is 4.03. The number of hydrogen-bond acceptors (Lipinski definition) is 3. The van der Waals surface area contributed by atoms with Crippen LogP contribution >= 0.6 is 11.6 Å². The molecule has 1 amide bonds. The van der Waals surface area contributed by atoms with Crippen molar-refractivity contribution in [1.29, 1.82) is 0 Å². The summed E-state index contributed by atoms with van der Waals surface area (Å²) in [6, 6.07) is 11.7. The molecule has 0 radical (unpaired) electrons. The molecule has 2 aromatic rings. The van der Waals surface area contributed by atoms with Crippen LogP contribution in [0.15, 0.2) is 47.4 Å². The number of hydrogen-bond donors (Lipinski definition) is 1. The van der Waals surface area contributed by atoms with E-state index in [1.807, 2.05) is 25.1 Å². The second-order valence-electron chi connectivity index (χ2n) is 5.89. The Morgan fingerprint density at radius 2 is 1.92 bits per heavy atom. The molecule has 0 bridgehead atoms. The van der Waals surface area contributed by atoms with Gasteiger partial charge < -0.3 is 4.90 Å². The van der Waals surface area contributed by atoms with Crippen molar-refractivity contribution < 1.29 is 13.2 Å². The first kappa shape index (κ1) is 17.9. The molecule has 0 aliphatic carbocycles. The number of sulfonamides is 1. The van der Waals surface area contributed by atoms with Crippen LogP contribution in [-0.4, -0.2) is 20.9 Å². The molecule has 0 fully saturated rings. The van der Waals surface area contributed by atoms with E-state index in [2.05, 4.69) is 4.72 Å². The van der Waals surface area contributed by atoms with E-state index in [9.17, 15) is 13.2 Å². The molecule has 25 heavy (non-hydrogen) atoms. The molecule has 2 aromatic carbocycles. The maximum atomic E-state index is 12.3. The van der Waals surface area contributed by atoms with Gasteiger partial charge in [-0.1, -0.05) is 30.7 Å². The molecule has 1 aliphatic heterocycles. The van der Waals surface area contributed by atoms with Gasteiger partial charge in [-0.25, -0.2) is 13.1 Å². The predicted molar refractivity (Wildman–Crippen MR) is 98.3 cm³/mol. The molecule has 3 rings (SSSR count). The lowest BCUT2D eigenvalue weighted by Crippen LogP contribution is -2.27. The lowest BCUT2D eigenvalue weighted by Gasteiger charge is -2.16. The highest BCUT2D eigenvalue weighted by molar-refractivity contribution is 7.89. The number of anilines is 1. The first-order chi connectivity index (χ1) is 11.9. The predicted octanol–water partition coefficient (Wildman–Crippen LogP) is 3.12. The van der Waals surface area contributed by atoms with E-state index in [-0.39, 0.29) is 17.3 Å². The van der Waals surface area contributed by atoms with Crippen molar-refractivity contribution in [1.82, 2.24) is 4.72 Å². The number of halogens is 1. The van der Waals surface area contributed by atoms with E-state index in [0.29, 0.717) is 18.0 Å². The Morgan fingerprint density at radius 1 is 1.20 bits per heavy atom. The van der Waals surface area contributed by atoms with Crippen molar-refractivity contribution in [3.8, 4) is 0 Å². The van der Waals surface area contributed by atoms with Gasteiger partial charge in [0.25, 0.3) is 0 Å². The molecular formula is C18H19ClN2O3S. The zero-order valence-electron chi connectivity index (χ0n) is 13.8. The van der Waals surface area contributed by atoms with Crippen LogP contribution < -0.4 is 9.62 Å². The molecule has 5 nitrogen and oxygen atoms in total. The van der Waals surface area contributed by atoms with Gasteiger partial charge in [0.15, 0.2) is 0 Å². The van der Waals surface area contributed by atoms with Crippen molar-refractivity contribution in [3.05, 3.63) is 58.6 Å². The van der Waals surface area contributed by atoms with Crippen molar-refractivity contribution in [2.24, 2.45) is 0 Å². The number of fused-ring (bicyclic) bond motifs is 1. The molecule has 0 saturated carbocycles. The SMILES string of the molecule is CCC(=O)N1CCc2cc(CNS(=O)(=O)c3ccc(Cl)cc3)ccc21. The van der Waals surface area contributed by atoms with Crippen molar-refractivity contribution >= 4 is 33.2 Å². The summed E-state index contributed by atoms with van der Waals surface area (Å²) in [6.45, 7) is 2.72. The van der Waals surface area contributed by atoms with Crippen LogP contribution in [0.25, 0.3) is 0 Å². The summed E-state index contributed by atoms with van der Waals surface area (Å²) >= 11 is 5.79. The van der Waals surface area contributed by atoms with Gasteiger partial charge >= 0.3 is 0 Å². The molecule has 0 saturated heterocycles. The number of carbonyl (C=O) groups is 1. The summed E-state index contributed by atoms with van der Waals surface area (Å²) in [6.07, 6.45) is 1.26. The Balaban J connectivity index is 1.72. The highest BCUT2D eigenvalue weighted by Gasteiger charge is 2.23. The lowest BCUT2D eigenvalue weighted by atomic mass is 10.1. The third-order valence-electron chi connectivity index (χ3n) is 4.23. The third kappa shape index (κ3) is 3.86. The van der Waals surface area contributed by atoms with Crippen LogP contribution in [0, 0.1) is 0 Å². The Hall–Kier alpha value is -1.89. The minimum Gasteiger partial charge on any atom is -0.312 e. The Labute approximate surface area is 152 Å². The van der Waals surface area contributed by atoms with Gasteiger partial charge in [-0.15, -0.1) is 0 Å². The fourth-order valence-electron chi connectivity index (χ4n) is 2.89. The van der Waals surface area contributed by atoms with E-state index < -0.39 is 10.0 Å². The number of nitrogens with one attached hydrogen (secondary N) is 1. The Morgan fingerprint density at radius 3 is 2.60 bits per heavy atom. The van der Waals surface area contributed by atoms with Crippen molar-refractivity contribution in [2.45, 2.75) is 31.2 Å². The second kappa shape index (κ2) is 7.15. The monoisotopic (exact) mass is 378 g/mol. The van der Waals surface area contributed by atoms with Crippen LogP contribution in [0.2, 0.25) is 5.02 Å². The minimum atomic E-state index is -3.59. The highest BCUT2D eigenvalue weighted by Crippen LogP contribution is 2.29. The van der Waals surface area contributed by atoms with E-state index in [1.165, 1.54) is 12.1 Å². The average molecular weight is 379 g/mol. The zero-order valence-corrected chi connectivity index (χ0v) is 15.4. The van der Waals surface area contributed by atoms with Gasteiger partial charge in [-0.05, 0) is 47.9 Å². The minimum absolute atomic E-state index is 0.106. The van der Waals surface area contributed by atoms with Gasteiger partial charge in [0.1, 0.15) is 0 Å². The number of amides is 1. The Kier molecular flexibility index (Phi) is 5.13. The average Bonchev–Trinajstić information content (AvgIpc) is 3.03. The lowest BCUT2D eigenvalue weighted by molar-refractivity contribution is -0.118. The largest absolute Gasteiger partial charge is 0.312 e. The molecule has 1 N–H and O–H groups in total. The Bertz CT molecular complexity index is 895. The number of nitrogens with zero attached hydrogens (tertiary/aromatic N) is 1. The highest BCUT2D eigenvalue weighted by atomic mass is 35.5. The number of carbonyl (C=O) groups excluding carboxylic acids is 1. The summed E-state index contributed by atoms with van der Waals surface area (Å²) in [7, 11) is -3.59. The quantitative estimate of drug-likeness (QED) is 0.869. The van der Waals surface area contributed by atoms with Crippen LogP contribution in [0.4, 0.5) is 5.69 Å². The maximum Gasteiger partial charge on any atom is 0.240 e. The molecule has 0 aromatic heterocycles. The number of benzene rings is 2. The van der Waals surface area contributed by atoms with E-state index in [4.69, 9.17) is 11.6 Å². The normalized spacial score (nSPS) is 13.8. The maximum absolute atomic E-state index is 12.3.